The minimum Gasteiger partial charge on any atom is -0.384 e. The summed E-state index contributed by atoms with van der Waals surface area (Å²) in [5.74, 6) is -0.205. The van der Waals surface area contributed by atoms with Gasteiger partial charge in [-0.2, -0.15) is 13.2 Å². The Morgan fingerprint density at radius 2 is 1.96 bits per heavy atom. The van der Waals surface area contributed by atoms with Gasteiger partial charge in [-0.1, -0.05) is 11.8 Å². The van der Waals surface area contributed by atoms with Crippen molar-refractivity contribution in [1.82, 2.24) is 15.0 Å². The number of pyridine rings is 1. The molecule has 9 heteroatoms. The standard InChI is InChI=1S/C15H13F3N4S2/c1-7-3-9-4-10(20-6-11(9)23-7)8(2)24-14-21-12(15(16,17)18)5-13(19)22-14/h3-6,8H,1-2H3,(H2,19,21,22). The van der Waals surface area contributed by atoms with Gasteiger partial charge in [0.15, 0.2) is 10.9 Å². The first-order valence-electron chi connectivity index (χ1n) is 6.97. The van der Waals surface area contributed by atoms with Crippen LogP contribution in [0.15, 0.2) is 29.6 Å². The number of hydrogen-bond donors (Lipinski definition) is 1. The summed E-state index contributed by atoms with van der Waals surface area (Å²) in [7, 11) is 0. The highest BCUT2D eigenvalue weighted by Gasteiger charge is 2.33. The maximum atomic E-state index is 12.8. The van der Waals surface area contributed by atoms with Crippen molar-refractivity contribution in [3.63, 3.8) is 0 Å². The molecule has 24 heavy (non-hydrogen) atoms. The molecule has 0 aromatic carbocycles. The number of aryl methyl sites for hydroxylation is 1. The van der Waals surface area contributed by atoms with E-state index in [4.69, 9.17) is 5.73 Å². The van der Waals surface area contributed by atoms with Crippen molar-refractivity contribution in [2.45, 2.75) is 30.4 Å². The second-order valence-corrected chi connectivity index (χ2v) is 7.82. The molecule has 0 bridgehead atoms. The van der Waals surface area contributed by atoms with E-state index in [-0.39, 0.29) is 16.2 Å². The van der Waals surface area contributed by atoms with Gasteiger partial charge in [-0.25, -0.2) is 9.97 Å². The Morgan fingerprint density at radius 3 is 2.67 bits per heavy atom. The van der Waals surface area contributed by atoms with Gasteiger partial charge in [0.25, 0.3) is 0 Å². The van der Waals surface area contributed by atoms with Crippen LogP contribution in [0.2, 0.25) is 0 Å². The Kier molecular flexibility index (Phi) is 4.39. The molecule has 0 saturated carbocycles. The first-order chi connectivity index (χ1) is 11.2. The van der Waals surface area contributed by atoms with E-state index in [9.17, 15) is 13.2 Å². The largest absolute Gasteiger partial charge is 0.433 e. The van der Waals surface area contributed by atoms with E-state index in [0.717, 1.165) is 33.6 Å². The first kappa shape index (κ1) is 17.0. The Balaban J connectivity index is 1.87. The number of aromatic nitrogens is 3. The Hall–Kier alpha value is -1.87. The van der Waals surface area contributed by atoms with E-state index in [2.05, 4.69) is 21.0 Å². The van der Waals surface area contributed by atoms with Gasteiger partial charge in [-0.15, -0.1) is 11.3 Å². The lowest BCUT2D eigenvalue weighted by Gasteiger charge is -2.12. The molecule has 2 N–H and O–H groups in total. The van der Waals surface area contributed by atoms with Crippen LogP contribution in [0.5, 0.6) is 0 Å². The number of rotatable bonds is 3. The van der Waals surface area contributed by atoms with Crippen LogP contribution < -0.4 is 5.73 Å². The third kappa shape index (κ3) is 3.62. The van der Waals surface area contributed by atoms with Crippen LogP contribution in [0, 0.1) is 6.92 Å². The Bertz CT molecular complexity index is 892. The molecule has 0 aliphatic heterocycles. The topological polar surface area (TPSA) is 64.7 Å². The predicted octanol–water partition coefficient (Wildman–Crippen LogP) is 4.85. The Labute approximate surface area is 144 Å². The molecule has 0 aliphatic carbocycles. The first-order valence-corrected chi connectivity index (χ1v) is 8.66. The molecule has 0 saturated heterocycles. The second kappa shape index (κ2) is 6.21. The molecule has 1 atom stereocenters. The fraction of sp³-hybridized carbons (Fsp3) is 0.267. The molecule has 126 valence electrons. The summed E-state index contributed by atoms with van der Waals surface area (Å²) in [6, 6.07) is 4.72. The third-order valence-electron chi connectivity index (χ3n) is 3.26. The number of halogens is 3. The molecule has 0 spiro atoms. The zero-order valence-corrected chi connectivity index (χ0v) is 14.4. The number of nitrogens with zero attached hydrogens (tertiary/aromatic N) is 3. The minimum atomic E-state index is -4.55. The van der Waals surface area contributed by atoms with Crippen molar-refractivity contribution < 1.29 is 13.2 Å². The quantitative estimate of drug-likeness (QED) is 0.527. The van der Waals surface area contributed by atoms with Gasteiger partial charge in [0, 0.05) is 17.1 Å². The van der Waals surface area contributed by atoms with Crippen LogP contribution in [-0.2, 0) is 6.18 Å². The van der Waals surface area contributed by atoms with Gasteiger partial charge in [-0.3, -0.25) is 4.98 Å². The molecular formula is C15H13F3N4S2. The predicted molar refractivity (Wildman–Crippen MR) is 90.1 cm³/mol. The highest BCUT2D eigenvalue weighted by molar-refractivity contribution is 7.99. The average molecular weight is 370 g/mol. The molecule has 1 unspecified atom stereocenters. The van der Waals surface area contributed by atoms with Crippen LogP contribution in [0.3, 0.4) is 0 Å². The molecule has 3 rings (SSSR count). The number of nitrogens with two attached hydrogens (primary N) is 1. The number of thiophene rings is 1. The summed E-state index contributed by atoms with van der Waals surface area (Å²) in [6.07, 6.45) is -2.78. The zero-order chi connectivity index (χ0) is 17.5. The van der Waals surface area contributed by atoms with Gasteiger partial charge >= 0.3 is 6.18 Å². The van der Waals surface area contributed by atoms with Crippen molar-refractivity contribution >= 4 is 39.0 Å². The number of fused-ring (bicyclic) bond motifs is 1. The molecule has 0 amide bonds. The molecular weight excluding hydrogens is 357 g/mol. The SMILES string of the molecule is Cc1cc2cc(C(C)Sc3nc(N)cc(C(F)(F)F)n3)ncc2s1. The number of anilines is 1. The zero-order valence-electron chi connectivity index (χ0n) is 12.8. The summed E-state index contributed by atoms with van der Waals surface area (Å²) in [6.45, 7) is 3.86. The van der Waals surface area contributed by atoms with Crippen LogP contribution in [0.4, 0.5) is 19.0 Å². The second-order valence-electron chi connectivity index (χ2n) is 5.22. The smallest absolute Gasteiger partial charge is 0.384 e. The maximum absolute atomic E-state index is 12.8. The van der Waals surface area contributed by atoms with E-state index in [1.807, 2.05) is 19.9 Å². The Morgan fingerprint density at radius 1 is 1.21 bits per heavy atom. The maximum Gasteiger partial charge on any atom is 0.433 e. The van der Waals surface area contributed by atoms with Crippen LogP contribution in [0.1, 0.15) is 28.4 Å². The van der Waals surface area contributed by atoms with Crippen molar-refractivity contribution in [2.24, 2.45) is 0 Å². The summed E-state index contributed by atoms with van der Waals surface area (Å²) < 4.78 is 39.5. The van der Waals surface area contributed by atoms with Gasteiger partial charge in [0.1, 0.15) is 5.82 Å². The number of thioether (sulfide) groups is 1. The van der Waals surface area contributed by atoms with Crippen molar-refractivity contribution in [1.29, 1.82) is 0 Å². The summed E-state index contributed by atoms with van der Waals surface area (Å²) in [5, 5.41) is 0.843. The van der Waals surface area contributed by atoms with Crippen molar-refractivity contribution in [3.05, 3.63) is 40.7 Å². The van der Waals surface area contributed by atoms with Gasteiger partial charge in [-0.05, 0) is 31.4 Å². The van der Waals surface area contributed by atoms with Gasteiger partial charge in [0.2, 0.25) is 0 Å². The number of nitrogen functional groups attached to an aromatic ring is 1. The lowest BCUT2D eigenvalue weighted by atomic mass is 10.2. The van der Waals surface area contributed by atoms with Gasteiger partial charge in [0.05, 0.1) is 15.6 Å². The van der Waals surface area contributed by atoms with Crippen molar-refractivity contribution in [2.75, 3.05) is 5.73 Å². The molecule has 0 radical (unpaired) electrons. The molecule has 3 aromatic heterocycles. The lowest BCUT2D eigenvalue weighted by molar-refractivity contribution is -0.141. The normalized spacial score (nSPS) is 13.4. The molecule has 0 fully saturated rings. The van der Waals surface area contributed by atoms with Crippen LogP contribution in [0.25, 0.3) is 10.1 Å². The monoisotopic (exact) mass is 370 g/mol. The number of hydrogen-bond acceptors (Lipinski definition) is 6. The fourth-order valence-electron chi connectivity index (χ4n) is 2.18. The van der Waals surface area contributed by atoms with E-state index in [1.54, 1.807) is 17.5 Å². The van der Waals surface area contributed by atoms with E-state index >= 15 is 0 Å². The molecule has 3 aromatic rings. The highest BCUT2D eigenvalue weighted by atomic mass is 32.2. The summed E-state index contributed by atoms with van der Waals surface area (Å²) in [5.41, 5.74) is 5.18. The van der Waals surface area contributed by atoms with Crippen LogP contribution in [-0.4, -0.2) is 15.0 Å². The summed E-state index contributed by atoms with van der Waals surface area (Å²) >= 11 is 2.74. The lowest BCUT2D eigenvalue weighted by Crippen LogP contribution is -2.11. The van der Waals surface area contributed by atoms with E-state index < -0.39 is 11.9 Å². The fourth-order valence-corrected chi connectivity index (χ4v) is 3.93. The summed E-state index contributed by atoms with van der Waals surface area (Å²) in [4.78, 5) is 13.0. The number of alkyl halides is 3. The van der Waals surface area contributed by atoms with Gasteiger partial charge < -0.3 is 5.73 Å². The van der Waals surface area contributed by atoms with Crippen LogP contribution >= 0.6 is 23.1 Å². The molecule has 4 nitrogen and oxygen atoms in total. The van der Waals surface area contributed by atoms with E-state index in [1.165, 1.54) is 4.88 Å². The molecule has 0 aliphatic rings. The minimum absolute atomic E-state index is 0.0155. The highest BCUT2D eigenvalue weighted by Crippen LogP contribution is 2.36. The third-order valence-corrected chi connectivity index (χ3v) is 5.25. The average Bonchev–Trinajstić information content (AvgIpc) is 2.84. The van der Waals surface area contributed by atoms with E-state index in [0.29, 0.717) is 0 Å². The van der Waals surface area contributed by atoms with Crippen molar-refractivity contribution in [3.8, 4) is 0 Å². The molecule has 3 heterocycles.